The lowest BCUT2D eigenvalue weighted by Gasteiger charge is -2.32. The molecule has 1 fully saturated rings. The summed E-state index contributed by atoms with van der Waals surface area (Å²) in [6.45, 7) is 7.68. The van der Waals surface area contributed by atoms with Crippen molar-refractivity contribution in [2.24, 2.45) is 0 Å². The predicted molar refractivity (Wildman–Crippen MR) is 107 cm³/mol. The Kier molecular flexibility index (Phi) is 6.34. The predicted octanol–water partition coefficient (Wildman–Crippen LogP) is 3.63. The minimum absolute atomic E-state index is 0.0112. The molecule has 1 aliphatic heterocycles. The Morgan fingerprint density at radius 1 is 1.11 bits per heavy atom. The number of amides is 1. The first-order chi connectivity index (χ1) is 12.9. The molecular formula is C21H26ClN3O2. The monoisotopic (exact) mass is 387 g/mol. The molecule has 3 rings (SSSR count). The van der Waals surface area contributed by atoms with E-state index in [1.165, 1.54) is 0 Å². The van der Waals surface area contributed by atoms with E-state index in [4.69, 9.17) is 16.3 Å². The van der Waals surface area contributed by atoms with Gasteiger partial charge in [0.15, 0.2) is 5.60 Å². The van der Waals surface area contributed by atoms with E-state index in [1.807, 2.05) is 43.1 Å². The second-order valence-corrected chi connectivity index (χ2v) is 7.75. The van der Waals surface area contributed by atoms with Crippen LogP contribution in [0.5, 0.6) is 5.75 Å². The number of carbonyl (C=O) groups excluding carboxylic acids is 1. The minimum Gasteiger partial charge on any atom is -0.478 e. The van der Waals surface area contributed by atoms with Gasteiger partial charge in [-0.15, -0.1) is 0 Å². The molecule has 0 aliphatic carbocycles. The van der Waals surface area contributed by atoms with Crippen LogP contribution >= 0.6 is 11.6 Å². The van der Waals surface area contributed by atoms with Gasteiger partial charge in [-0.05, 0) is 56.7 Å². The van der Waals surface area contributed by atoms with Crippen molar-refractivity contribution in [2.45, 2.75) is 32.4 Å². The number of pyridine rings is 1. The Balaban J connectivity index is 1.58. The number of nitrogens with zero attached hydrogens (tertiary/aromatic N) is 3. The van der Waals surface area contributed by atoms with Gasteiger partial charge in [0, 0.05) is 43.9 Å². The lowest BCUT2D eigenvalue weighted by Crippen LogP contribution is -2.50. The molecule has 1 aromatic carbocycles. The molecule has 0 N–H and O–H groups in total. The van der Waals surface area contributed by atoms with Gasteiger partial charge in [0.1, 0.15) is 5.75 Å². The van der Waals surface area contributed by atoms with Gasteiger partial charge in [-0.2, -0.15) is 0 Å². The fourth-order valence-corrected chi connectivity index (χ4v) is 3.40. The number of hydrogen-bond acceptors (Lipinski definition) is 4. The molecule has 2 heterocycles. The summed E-state index contributed by atoms with van der Waals surface area (Å²) < 4.78 is 5.96. The van der Waals surface area contributed by atoms with Gasteiger partial charge in [0.2, 0.25) is 0 Å². The van der Waals surface area contributed by atoms with E-state index in [0.717, 1.165) is 38.3 Å². The van der Waals surface area contributed by atoms with Crippen LogP contribution in [0.15, 0.2) is 48.7 Å². The Morgan fingerprint density at radius 3 is 2.59 bits per heavy atom. The third-order valence-electron chi connectivity index (χ3n) is 4.69. The average molecular weight is 388 g/mol. The number of carbonyl (C=O) groups is 1. The molecule has 2 aromatic rings. The summed E-state index contributed by atoms with van der Waals surface area (Å²) in [6, 6.07) is 13.1. The highest BCUT2D eigenvalue weighted by Crippen LogP contribution is 2.23. The average Bonchev–Trinajstić information content (AvgIpc) is 2.89. The molecule has 0 spiro atoms. The van der Waals surface area contributed by atoms with Crippen molar-refractivity contribution in [3.05, 3.63) is 59.4 Å². The summed E-state index contributed by atoms with van der Waals surface area (Å²) in [7, 11) is 0. The van der Waals surface area contributed by atoms with Crippen LogP contribution < -0.4 is 4.74 Å². The molecule has 144 valence electrons. The third kappa shape index (κ3) is 5.44. The lowest BCUT2D eigenvalue weighted by molar-refractivity contribution is -0.145. The van der Waals surface area contributed by atoms with Crippen molar-refractivity contribution in [3.8, 4) is 5.75 Å². The molecule has 0 unspecified atom stereocenters. The van der Waals surface area contributed by atoms with E-state index in [1.54, 1.807) is 24.3 Å². The second kappa shape index (κ2) is 8.72. The fourth-order valence-electron chi connectivity index (χ4n) is 3.27. The van der Waals surface area contributed by atoms with E-state index in [2.05, 4.69) is 9.88 Å². The molecule has 1 aliphatic rings. The highest BCUT2D eigenvalue weighted by Gasteiger charge is 2.35. The van der Waals surface area contributed by atoms with Gasteiger partial charge in [0.05, 0.1) is 5.69 Å². The molecule has 0 radical (unpaired) electrons. The number of aromatic nitrogens is 1. The van der Waals surface area contributed by atoms with Crippen LogP contribution in [0, 0.1) is 0 Å². The van der Waals surface area contributed by atoms with E-state index < -0.39 is 5.60 Å². The van der Waals surface area contributed by atoms with Crippen LogP contribution in [0.1, 0.15) is 26.0 Å². The van der Waals surface area contributed by atoms with E-state index in [0.29, 0.717) is 17.3 Å². The second-order valence-electron chi connectivity index (χ2n) is 7.31. The minimum atomic E-state index is -0.927. The number of hydrogen-bond donors (Lipinski definition) is 0. The smallest absolute Gasteiger partial charge is 0.266 e. The molecule has 0 bridgehead atoms. The van der Waals surface area contributed by atoms with Crippen molar-refractivity contribution in [1.82, 2.24) is 14.8 Å². The van der Waals surface area contributed by atoms with Crippen LogP contribution in [0.25, 0.3) is 0 Å². The first-order valence-corrected chi connectivity index (χ1v) is 9.68. The maximum absolute atomic E-state index is 13.1. The molecule has 27 heavy (non-hydrogen) atoms. The van der Waals surface area contributed by atoms with Gasteiger partial charge < -0.3 is 9.64 Å². The highest BCUT2D eigenvalue weighted by molar-refractivity contribution is 6.30. The van der Waals surface area contributed by atoms with Gasteiger partial charge >= 0.3 is 0 Å². The first kappa shape index (κ1) is 19.6. The zero-order chi connectivity index (χ0) is 19.3. The summed E-state index contributed by atoms with van der Waals surface area (Å²) in [5.74, 6) is 0.654. The largest absolute Gasteiger partial charge is 0.478 e. The van der Waals surface area contributed by atoms with Crippen molar-refractivity contribution in [1.29, 1.82) is 0 Å². The zero-order valence-corrected chi connectivity index (χ0v) is 16.7. The number of rotatable bonds is 5. The summed E-state index contributed by atoms with van der Waals surface area (Å²) in [5.41, 5.74) is 0.132. The molecule has 0 atom stereocenters. The van der Waals surface area contributed by atoms with E-state index >= 15 is 0 Å². The zero-order valence-electron chi connectivity index (χ0n) is 15.9. The summed E-state index contributed by atoms with van der Waals surface area (Å²) in [5, 5.41) is 0.645. The molecule has 0 saturated carbocycles. The maximum Gasteiger partial charge on any atom is 0.266 e. The Bertz CT molecular complexity index is 750. The molecule has 6 heteroatoms. The van der Waals surface area contributed by atoms with Crippen molar-refractivity contribution in [2.75, 3.05) is 26.2 Å². The summed E-state index contributed by atoms with van der Waals surface area (Å²) in [4.78, 5) is 21.7. The van der Waals surface area contributed by atoms with Gasteiger partial charge in [-0.1, -0.05) is 17.7 Å². The quantitative estimate of drug-likeness (QED) is 0.786. The highest BCUT2D eigenvalue weighted by atomic mass is 35.5. The van der Waals surface area contributed by atoms with Gasteiger partial charge in [-0.3, -0.25) is 14.7 Å². The number of ether oxygens (including phenoxy) is 1. The Hall–Kier alpha value is -2.11. The summed E-state index contributed by atoms with van der Waals surface area (Å²) in [6.07, 6.45) is 2.76. The normalized spacial score (nSPS) is 16.0. The molecule has 1 saturated heterocycles. The van der Waals surface area contributed by atoms with E-state index in [-0.39, 0.29) is 5.91 Å². The Morgan fingerprint density at radius 2 is 1.89 bits per heavy atom. The Labute approximate surface area is 165 Å². The third-order valence-corrected chi connectivity index (χ3v) is 4.94. The van der Waals surface area contributed by atoms with Crippen LogP contribution in [0.4, 0.5) is 0 Å². The van der Waals surface area contributed by atoms with Crippen LogP contribution in [0.2, 0.25) is 5.02 Å². The first-order valence-electron chi connectivity index (χ1n) is 9.30. The topological polar surface area (TPSA) is 45.7 Å². The lowest BCUT2D eigenvalue weighted by atomic mass is 10.1. The van der Waals surface area contributed by atoms with Crippen LogP contribution in [-0.2, 0) is 11.3 Å². The maximum atomic E-state index is 13.1. The van der Waals surface area contributed by atoms with Crippen molar-refractivity contribution >= 4 is 17.5 Å². The standard InChI is InChI=1S/C21H26ClN3O2/c1-21(2,27-19-9-7-17(22)8-10-19)20(26)25-13-5-12-24(14-15-25)16-18-6-3-4-11-23-18/h3-4,6-11H,5,12-16H2,1-2H3. The molecule has 5 nitrogen and oxygen atoms in total. The van der Waals surface area contributed by atoms with Gasteiger partial charge in [-0.25, -0.2) is 0 Å². The van der Waals surface area contributed by atoms with Crippen molar-refractivity contribution < 1.29 is 9.53 Å². The SMILES string of the molecule is CC(C)(Oc1ccc(Cl)cc1)C(=O)N1CCCN(Cc2ccccn2)CC1. The molecule has 1 amide bonds. The molecule has 1 aromatic heterocycles. The van der Waals surface area contributed by atoms with Crippen molar-refractivity contribution in [3.63, 3.8) is 0 Å². The number of benzene rings is 1. The number of halogens is 1. The van der Waals surface area contributed by atoms with Crippen LogP contribution in [-0.4, -0.2) is 52.5 Å². The fraction of sp³-hybridized carbons (Fsp3) is 0.429. The summed E-state index contributed by atoms with van der Waals surface area (Å²) >= 11 is 5.92. The van der Waals surface area contributed by atoms with Crippen LogP contribution in [0.3, 0.4) is 0 Å². The molecular weight excluding hydrogens is 362 g/mol. The van der Waals surface area contributed by atoms with Gasteiger partial charge in [0.25, 0.3) is 5.91 Å². The van der Waals surface area contributed by atoms with E-state index in [9.17, 15) is 4.79 Å².